The van der Waals surface area contributed by atoms with Gasteiger partial charge in [0.2, 0.25) is 0 Å². The number of hydrogen-bond acceptors (Lipinski definition) is 4. The van der Waals surface area contributed by atoms with Crippen molar-refractivity contribution in [3.8, 4) is 0 Å². The summed E-state index contributed by atoms with van der Waals surface area (Å²) in [6, 6.07) is 4.17. The van der Waals surface area contributed by atoms with Gasteiger partial charge < -0.3 is 14.9 Å². The van der Waals surface area contributed by atoms with E-state index >= 15 is 0 Å². The van der Waals surface area contributed by atoms with Crippen LogP contribution in [-0.2, 0) is 16.0 Å². The predicted molar refractivity (Wildman–Crippen MR) is 69.5 cm³/mol. The average Bonchev–Trinajstić information content (AvgIpc) is 2.42. The largest absolute Gasteiger partial charge is 0.478 e. The Morgan fingerprint density at radius 1 is 1.20 bits per heavy atom. The molecule has 1 aromatic carbocycles. The summed E-state index contributed by atoms with van der Waals surface area (Å²) in [5.41, 5.74) is -0.255. The molecular formula is C14H12O6. The van der Waals surface area contributed by atoms with E-state index in [0.29, 0.717) is 5.56 Å². The van der Waals surface area contributed by atoms with Crippen LogP contribution in [0.1, 0.15) is 26.3 Å². The minimum atomic E-state index is -1.32. The Kier molecular flexibility index (Phi) is 5.22. The van der Waals surface area contributed by atoms with E-state index in [-0.39, 0.29) is 17.5 Å². The van der Waals surface area contributed by atoms with Gasteiger partial charge in [-0.3, -0.25) is 0 Å². The Morgan fingerprint density at radius 2 is 1.90 bits per heavy atom. The summed E-state index contributed by atoms with van der Waals surface area (Å²) in [6.45, 7) is 3.21. The van der Waals surface area contributed by atoms with E-state index in [9.17, 15) is 14.4 Å². The fraction of sp³-hybridized carbons (Fsp3) is 0.0714. The summed E-state index contributed by atoms with van der Waals surface area (Å²) in [5.74, 6) is -3.28. The van der Waals surface area contributed by atoms with Crippen LogP contribution in [0, 0.1) is 0 Å². The second-order valence-electron chi connectivity index (χ2n) is 3.67. The molecule has 0 saturated heterocycles. The molecule has 0 spiro atoms. The third-order valence-corrected chi connectivity index (χ3v) is 2.38. The topological polar surface area (TPSA) is 101 Å². The van der Waals surface area contributed by atoms with E-state index in [1.54, 1.807) is 0 Å². The summed E-state index contributed by atoms with van der Waals surface area (Å²) in [7, 11) is 0. The number of carboxylic acids is 2. The van der Waals surface area contributed by atoms with Crippen molar-refractivity contribution in [1.82, 2.24) is 0 Å². The van der Waals surface area contributed by atoms with E-state index in [1.165, 1.54) is 24.3 Å². The highest BCUT2D eigenvalue weighted by Gasteiger charge is 2.18. The van der Waals surface area contributed by atoms with Crippen molar-refractivity contribution in [3.63, 3.8) is 0 Å². The minimum absolute atomic E-state index is 0.118. The van der Waals surface area contributed by atoms with Gasteiger partial charge in [-0.25, -0.2) is 14.4 Å². The zero-order valence-corrected chi connectivity index (χ0v) is 10.4. The first-order valence-electron chi connectivity index (χ1n) is 5.54. The lowest BCUT2D eigenvalue weighted by atomic mass is 9.99. The average molecular weight is 276 g/mol. The molecule has 2 N–H and O–H groups in total. The first-order chi connectivity index (χ1) is 9.47. The van der Waals surface area contributed by atoms with Crippen LogP contribution in [0.15, 0.2) is 43.2 Å². The van der Waals surface area contributed by atoms with Gasteiger partial charge in [-0.1, -0.05) is 18.7 Å². The molecule has 104 valence electrons. The van der Waals surface area contributed by atoms with Crippen LogP contribution in [0.5, 0.6) is 0 Å². The lowest BCUT2D eigenvalue weighted by Gasteiger charge is -2.06. The molecule has 0 bridgehead atoms. The van der Waals surface area contributed by atoms with Gasteiger partial charge >= 0.3 is 17.9 Å². The number of benzene rings is 1. The molecule has 0 radical (unpaired) electrons. The first-order valence-corrected chi connectivity index (χ1v) is 5.54. The van der Waals surface area contributed by atoms with Crippen molar-refractivity contribution >= 4 is 17.9 Å². The molecule has 0 fully saturated rings. The van der Waals surface area contributed by atoms with E-state index in [0.717, 1.165) is 12.3 Å². The summed E-state index contributed by atoms with van der Waals surface area (Å²) in [5, 5.41) is 18.0. The highest BCUT2D eigenvalue weighted by molar-refractivity contribution is 6.02. The van der Waals surface area contributed by atoms with Crippen molar-refractivity contribution in [3.05, 3.63) is 59.9 Å². The molecule has 0 saturated carbocycles. The number of carbonyl (C=O) groups is 3. The number of aromatic carboxylic acids is 2. The molecule has 0 aliphatic heterocycles. The highest BCUT2D eigenvalue weighted by Crippen LogP contribution is 2.16. The van der Waals surface area contributed by atoms with E-state index in [2.05, 4.69) is 11.3 Å². The molecule has 0 heterocycles. The second-order valence-corrected chi connectivity index (χ2v) is 3.67. The second kappa shape index (κ2) is 6.89. The van der Waals surface area contributed by atoms with Crippen molar-refractivity contribution < 1.29 is 29.3 Å². The summed E-state index contributed by atoms with van der Waals surface area (Å²) < 4.78 is 4.59. The quantitative estimate of drug-likeness (QED) is 0.467. The van der Waals surface area contributed by atoms with Crippen LogP contribution < -0.4 is 0 Å². The van der Waals surface area contributed by atoms with Gasteiger partial charge in [0, 0.05) is 6.08 Å². The summed E-state index contributed by atoms with van der Waals surface area (Å²) in [6.07, 6.45) is 3.61. The maximum Gasteiger partial charge on any atom is 0.336 e. The summed E-state index contributed by atoms with van der Waals surface area (Å²) in [4.78, 5) is 32.9. The normalized spacial score (nSPS) is 10.2. The van der Waals surface area contributed by atoms with Crippen LogP contribution in [0.4, 0.5) is 0 Å². The molecular weight excluding hydrogens is 264 g/mol. The molecule has 6 nitrogen and oxygen atoms in total. The smallest absolute Gasteiger partial charge is 0.336 e. The highest BCUT2D eigenvalue weighted by atomic mass is 16.5. The Labute approximate surface area is 114 Å². The number of esters is 1. The first kappa shape index (κ1) is 15.2. The predicted octanol–water partition coefficient (Wildman–Crippen LogP) is 1.87. The fourth-order valence-corrected chi connectivity index (χ4v) is 1.54. The van der Waals surface area contributed by atoms with Crippen molar-refractivity contribution in [2.45, 2.75) is 6.42 Å². The van der Waals surface area contributed by atoms with Crippen LogP contribution in [0.3, 0.4) is 0 Å². The van der Waals surface area contributed by atoms with Crippen molar-refractivity contribution in [2.24, 2.45) is 0 Å². The SMILES string of the molecule is C=CC(=O)OC=CCc1cccc(C(=O)O)c1C(=O)O. The van der Waals surface area contributed by atoms with Gasteiger partial charge in [0.05, 0.1) is 17.4 Å². The van der Waals surface area contributed by atoms with Crippen molar-refractivity contribution in [1.29, 1.82) is 0 Å². The molecule has 0 amide bonds. The van der Waals surface area contributed by atoms with E-state index in [1.807, 2.05) is 0 Å². The van der Waals surface area contributed by atoms with Gasteiger partial charge in [0.15, 0.2) is 0 Å². The Hall–Kier alpha value is -2.89. The maximum absolute atomic E-state index is 11.1. The number of carboxylic acid groups (broad SMARTS) is 2. The standard InChI is InChI=1S/C14H12O6/c1-2-11(15)20-8-4-6-9-5-3-7-10(13(16)17)12(9)14(18)19/h2-5,7-8H,1,6H2,(H,16,17)(H,18,19). The third kappa shape index (κ3) is 3.81. The van der Waals surface area contributed by atoms with Crippen LogP contribution >= 0.6 is 0 Å². The molecule has 0 aromatic heterocycles. The number of hydrogen-bond donors (Lipinski definition) is 2. The lowest BCUT2D eigenvalue weighted by Crippen LogP contribution is -2.11. The Morgan fingerprint density at radius 3 is 2.45 bits per heavy atom. The number of carbonyl (C=O) groups excluding carboxylic acids is 1. The van der Waals surface area contributed by atoms with Gasteiger partial charge in [-0.2, -0.15) is 0 Å². The Bertz CT molecular complexity index is 585. The molecule has 1 aromatic rings. The number of allylic oxidation sites excluding steroid dienone is 1. The van der Waals surface area contributed by atoms with Crippen LogP contribution in [-0.4, -0.2) is 28.1 Å². The number of rotatable bonds is 6. The molecule has 20 heavy (non-hydrogen) atoms. The van der Waals surface area contributed by atoms with Gasteiger partial charge in [0.25, 0.3) is 0 Å². The molecule has 0 unspecified atom stereocenters. The molecule has 0 aliphatic carbocycles. The zero-order chi connectivity index (χ0) is 15.1. The van der Waals surface area contributed by atoms with Crippen molar-refractivity contribution in [2.75, 3.05) is 0 Å². The maximum atomic E-state index is 11.1. The van der Waals surface area contributed by atoms with Gasteiger partial charge in [-0.15, -0.1) is 0 Å². The third-order valence-electron chi connectivity index (χ3n) is 2.38. The Balaban J connectivity index is 2.98. The summed E-state index contributed by atoms with van der Waals surface area (Å²) >= 11 is 0. The van der Waals surface area contributed by atoms with Gasteiger partial charge in [-0.05, 0) is 24.1 Å². The van der Waals surface area contributed by atoms with E-state index in [4.69, 9.17) is 10.2 Å². The van der Waals surface area contributed by atoms with Gasteiger partial charge in [0.1, 0.15) is 0 Å². The monoisotopic (exact) mass is 276 g/mol. The molecule has 0 atom stereocenters. The number of ether oxygens (including phenoxy) is 1. The molecule has 1 rings (SSSR count). The minimum Gasteiger partial charge on any atom is -0.478 e. The van der Waals surface area contributed by atoms with Crippen LogP contribution in [0.2, 0.25) is 0 Å². The fourth-order valence-electron chi connectivity index (χ4n) is 1.54. The van der Waals surface area contributed by atoms with Crippen LogP contribution in [0.25, 0.3) is 0 Å². The van der Waals surface area contributed by atoms with E-state index < -0.39 is 17.9 Å². The lowest BCUT2D eigenvalue weighted by molar-refractivity contribution is -0.132. The molecule has 6 heteroatoms. The zero-order valence-electron chi connectivity index (χ0n) is 10.4. The molecule has 0 aliphatic rings.